The Hall–Kier alpha value is -0.610. The number of rotatable bonds is 3. The quantitative estimate of drug-likeness (QED) is 0.800. The number of nitrogens with zero attached hydrogens (tertiary/aromatic N) is 1. The number of carbonyl (C=O) groups is 1. The number of carbonyl (C=O) groups excluding carboxylic acids is 1. The molecule has 1 saturated carbocycles. The molecule has 1 heterocycles. The highest BCUT2D eigenvalue weighted by atomic mass is 16.5. The molecule has 4 nitrogen and oxygen atoms in total. The topological polar surface area (TPSA) is 55.6 Å². The van der Waals surface area contributed by atoms with Crippen LogP contribution in [0.2, 0.25) is 0 Å². The van der Waals surface area contributed by atoms with Gasteiger partial charge in [-0.1, -0.05) is 12.8 Å². The van der Waals surface area contributed by atoms with Gasteiger partial charge in [0.1, 0.15) is 0 Å². The van der Waals surface area contributed by atoms with Gasteiger partial charge >= 0.3 is 0 Å². The molecule has 0 spiro atoms. The first-order valence-corrected chi connectivity index (χ1v) is 6.78. The number of hydrogen-bond donors (Lipinski definition) is 1. The highest BCUT2D eigenvalue weighted by molar-refractivity contribution is 5.79. The molecule has 1 amide bonds. The van der Waals surface area contributed by atoms with E-state index in [-0.39, 0.29) is 11.8 Å². The molecule has 0 aromatic heterocycles. The van der Waals surface area contributed by atoms with Crippen LogP contribution in [0.25, 0.3) is 0 Å². The molecule has 17 heavy (non-hydrogen) atoms. The SMILES string of the molecule is CN(C(=O)C1CCOC1)C1CCCCC1CN. The summed E-state index contributed by atoms with van der Waals surface area (Å²) in [5.41, 5.74) is 5.82. The average molecular weight is 240 g/mol. The van der Waals surface area contributed by atoms with Crippen LogP contribution in [0, 0.1) is 11.8 Å². The zero-order valence-corrected chi connectivity index (χ0v) is 10.7. The molecular formula is C13H24N2O2. The summed E-state index contributed by atoms with van der Waals surface area (Å²) in [6.45, 7) is 2.03. The Bertz CT molecular complexity index is 264. The first-order chi connectivity index (χ1) is 8.24. The predicted molar refractivity (Wildman–Crippen MR) is 66.5 cm³/mol. The summed E-state index contributed by atoms with van der Waals surface area (Å²) in [7, 11) is 1.94. The molecule has 0 radical (unpaired) electrons. The van der Waals surface area contributed by atoms with Crippen molar-refractivity contribution >= 4 is 5.91 Å². The monoisotopic (exact) mass is 240 g/mol. The van der Waals surface area contributed by atoms with E-state index in [2.05, 4.69) is 0 Å². The Kier molecular flexibility index (Phi) is 4.40. The van der Waals surface area contributed by atoms with E-state index < -0.39 is 0 Å². The van der Waals surface area contributed by atoms with Gasteiger partial charge in [0.15, 0.2) is 0 Å². The van der Waals surface area contributed by atoms with Crippen molar-refractivity contribution < 1.29 is 9.53 Å². The first kappa shape index (κ1) is 12.8. The van der Waals surface area contributed by atoms with E-state index in [1.807, 2.05) is 11.9 Å². The summed E-state index contributed by atoms with van der Waals surface area (Å²) < 4.78 is 5.30. The van der Waals surface area contributed by atoms with Crippen LogP contribution in [0.1, 0.15) is 32.1 Å². The molecule has 3 unspecified atom stereocenters. The van der Waals surface area contributed by atoms with Crippen molar-refractivity contribution in [3.05, 3.63) is 0 Å². The fourth-order valence-corrected chi connectivity index (χ4v) is 3.15. The van der Waals surface area contributed by atoms with Gasteiger partial charge < -0.3 is 15.4 Å². The number of nitrogens with two attached hydrogens (primary N) is 1. The van der Waals surface area contributed by atoms with Gasteiger partial charge in [-0.25, -0.2) is 0 Å². The van der Waals surface area contributed by atoms with Gasteiger partial charge in [-0.15, -0.1) is 0 Å². The Morgan fingerprint density at radius 2 is 2.12 bits per heavy atom. The summed E-state index contributed by atoms with van der Waals surface area (Å²) in [5.74, 6) is 0.827. The lowest BCUT2D eigenvalue weighted by molar-refractivity contribution is -0.138. The van der Waals surface area contributed by atoms with Crippen LogP contribution in [0.15, 0.2) is 0 Å². The van der Waals surface area contributed by atoms with Crippen LogP contribution in [-0.2, 0) is 9.53 Å². The van der Waals surface area contributed by atoms with E-state index in [1.54, 1.807) is 0 Å². The number of ether oxygens (including phenoxy) is 1. The summed E-state index contributed by atoms with van der Waals surface area (Å²) in [4.78, 5) is 14.3. The maximum absolute atomic E-state index is 12.3. The summed E-state index contributed by atoms with van der Waals surface area (Å²) in [6.07, 6.45) is 5.63. The van der Waals surface area contributed by atoms with Gasteiger partial charge in [0, 0.05) is 19.7 Å². The third kappa shape index (κ3) is 2.80. The van der Waals surface area contributed by atoms with Gasteiger partial charge in [-0.2, -0.15) is 0 Å². The lowest BCUT2D eigenvalue weighted by atomic mass is 9.83. The van der Waals surface area contributed by atoms with Gasteiger partial charge in [0.05, 0.1) is 12.5 Å². The molecule has 98 valence electrons. The van der Waals surface area contributed by atoms with Crippen LogP contribution in [0.3, 0.4) is 0 Å². The Morgan fingerprint density at radius 1 is 1.35 bits per heavy atom. The van der Waals surface area contributed by atoms with Crippen molar-refractivity contribution in [1.29, 1.82) is 0 Å². The van der Waals surface area contributed by atoms with Crippen molar-refractivity contribution in [1.82, 2.24) is 4.90 Å². The molecule has 1 aliphatic carbocycles. The molecular weight excluding hydrogens is 216 g/mol. The second-order valence-corrected chi connectivity index (χ2v) is 5.36. The Labute approximate surface area is 103 Å². The molecule has 2 aliphatic rings. The van der Waals surface area contributed by atoms with Gasteiger partial charge in [-0.3, -0.25) is 4.79 Å². The van der Waals surface area contributed by atoms with Gasteiger partial charge in [0.25, 0.3) is 0 Å². The lowest BCUT2D eigenvalue weighted by Gasteiger charge is -2.38. The van der Waals surface area contributed by atoms with Crippen molar-refractivity contribution in [2.24, 2.45) is 17.6 Å². The Morgan fingerprint density at radius 3 is 2.76 bits per heavy atom. The largest absolute Gasteiger partial charge is 0.381 e. The van der Waals surface area contributed by atoms with E-state index in [4.69, 9.17) is 10.5 Å². The van der Waals surface area contributed by atoms with E-state index >= 15 is 0 Å². The minimum absolute atomic E-state index is 0.0837. The fraction of sp³-hybridized carbons (Fsp3) is 0.923. The minimum Gasteiger partial charge on any atom is -0.381 e. The van der Waals surface area contributed by atoms with Crippen molar-refractivity contribution in [2.75, 3.05) is 26.8 Å². The third-order valence-electron chi connectivity index (χ3n) is 4.30. The highest BCUT2D eigenvalue weighted by Crippen LogP contribution is 2.28. The molecule has 2 N–H and O–H groups in total. The third-order valence-corrected chi connectivity index (χ3v) is 4.30. The number of hydrogen-bond acceptors (Lipinski definition) is 3. The molecule has 2 fully saturated rings. The highest BCUT2D eigenvalue weighted by Gasteiger charge is 2.34. The summed E-state index contributed by atoms with van der Waals surface area (Å²) in [5, 5.41) is 0. The van der Waals surface area contributed by atoms with Crippen LogP contribution in [-0.4, -0.2) is 43.7 Å². The first-order valence-electron chi connectivity index (χ1n) is 6.78. The van der Waals surface area contributed by atoms with Crippen molar-refractivity contribution in [2.45, 2.75) is 38.1 Å². The van der Waals surface area contributed by atoms with Crippen LogP contribution in [0.5, 0.6) is 0 Å². The van der Waals surface area contributed by atoms with Gasteiger partial charge in [0.2, 0.25) is 5.91 Å². The van der Waals surface area contributed by atoms with E-state index in [0.717, 1.165) is 19.4 Å². The summed E-state index contributed by atoms with van der Waals surface area (Å²) in [6, 6.07) is 0.349. The van der Waals surface area contributed by atoms with E-state index in [9.17, 15) is 4.79 Å². The molecule has 0 aromatic rings. The smallest absolute Gasteiger partial charge is 0.228 e. The molecule has 0 aromatic carbocycles. The van der Waals surface area contributed by atoms with Crippen LogP contribution >= 0.6 is 0 Å². The van der Waals surface area contributed by atoms with Crippen LogP contribution in [0.4, 0.5) is 0 Å². The predicted octanol–water partition coefficient (Wildman–Crippen LogP) is 0.999. The Balaban J connectivity index is 1.96. The second-order valence-electron chi connectivity index (χ2n) is 5.36. The van der Waals surface area contributed by atoms with Gasteiger partial charge in [-0.05, 0) is 31.7 Å². The number of amides is 1. The summed E-state index contributed by atoms with van der Waals surface area (Å²) >= 11 is 0. The maximum Gasteiger partial charge on any atom is 0.228 e. The van der Waals surface area contributed by atoms with Crippen molar-refractivity contribution in [3.8, 4) is 0 Å². The zero-order valence-electron chi connectivity index (χ0n) is 10.7. The molecule has 1 aliphatic heterocycles. The standard InChI is InChI=1S/C13H24N2O2/c1-15(13(16)11-6-7-17-9-11)12-5-3-2-4-10(12)8-14/h10-12H,2-9,14H2,1H3. The molecule has 2 rings (SSSR count). The molecule has 0 bridgehead atoms. The minimum atomic E-state index is 0.0837. The van der Waals surface area contributed by atoms with E-state index in [0.29, 0.717) is 25.1 Å². The van der Waals surface area contributed by atoms with Crippen LogP contribution < -0.4 is 5.73 Å². The maximum atomic E-state index is 12.3. The van der Waals surface area contributed by atoms with E-state index in [1.165, 1.54) is 19.3 Å². The fourth-order valence-electron chi connectivity index (χ4n) is 3.15. The average Bonchev–Trinajstić information content (AvgIpc) is 2.90. The lowest BCUT2D eigenvalue weighted by Crippen LogP contribution is -2.48. The zero-order chi connectivity index (χ0) is 12.3. The molecule has 4 heteroatoms. The second kappa shape index (κ2) is 5.83. The molecule has 3 atom stereocenters. The molecule has 1 saturated heterocycles. The normalized spacial score (nSPS) is 33.6. The van der Waals surface area contributed by atoms with Crippen molar-refractivity contribution in [3.63, 3.8) is 0 Å².